The normalized spacial score (nSPS) is 25.1. The predicted molar refractivity (Wildman–Crippen MR) is 96.1 cm³/mol. The van der Waals surface area contributed by atoms with Crippen molar-refractivity contribution in [3.8, 4) is 0 Å². The number of carbonyl (C=O) groups excluding carboxylic acids is 1. The first-order valence-electron chi connectivity index (χ1n) is 8.65. The van der Waals surface area contributed by atoms with E-state index in [0.29, 0.717) is 19.1 Å². The van der Waals surface area contributed by atoms with Crippen LogP contribution in [-0.4, -0.2) is 37.2 Å². The fourth-order valence-corrected chi connectivity index (χ4v) is 3.58. The van der Waals surface area contributed by atoms with Crippen molar-refractivity contribution in [1.29, 1.82) is 0 Å². The molecule has 1 aromatic heterocycles. The van der Waals surface area contributed by atoms with Gasteiger partial charge in [-0.05, 0) is 37.3 Å². The molecule has 0 aromatic carbocycles. The minimum atomic E-state index is 0.0166. The highest BCUT2D eigenvalue weighted by molar-refractivity contribution is 5.98. The Labute approximate surface area is 144 Å². The van der Waals surface area contributed by atoms with E-state index in [2.05, 4.69) is 49.0 Å². The molecule has 24 heavy (non-hydrogen) atoms. The van der Waals surface area contributed by atoms with Gasteiger partial charge in [-0.2, -0.15) is 0 Å². The number of anilines is 2. The van der Waals surface area contributed by atoms with Crippen molar-refractivity contribution in [3.05, 3.63) is 30.0 Å². The number of carbonyl (C=O) groups is 1. The summed E-state index contributed by atoms with van der Waals surface area (Å²) < 4.78 is 5.41. The number of pyridine rings is 1. The highest BCUT2D eigenvalue weighted by atomic mass is 16.5. The van der Waals surface area contributed by atoms with Crippen molar-refractivity contribution >= 4 is 17.4 Å². The maximum absolute atomic E-state index is 12.8. The number of morpholine rings is 1. The molecule has 130 valence electrons. The van der Waals surface area contributed by atoms with Gasteiger partial charge in [-0.1, -0.05) is 25.5 Å². The van der Waals surface area contributed by atoms with Crippen LogP contribution in [0.25, 0.3) is 0 Å². The van der Waals surface area contributed by atoms with Crippen LogP contribution in [0.1, 0.15) is 27.7 Å². The molecule has 2 aliphatic rings. The number of amides is 1. The Morgan fingerprint density at radius 3 is 2.75 bits per heavy atom. The quantitative estimate of drug-likeness (QED) is 0.863. The molecule has 1 saturated carbocycles. The number of hydrogen-bond acceptors (Lipinski definition) is 4. The number of allylic oxidation sites excluding steroid dienone is 2. The molecule has 5 nitrogen and oxygen atoms in total. The molecule has 1 N–H and O–H groups in total. The van der Waals surface area contributed by atoms with Crippen molar-refractivity contribution < 1.29 is 9.53 Å². The summed E-state index contributed by atoms with van der Waals surface area (Å²) in [5.74, 6) is 1.26. The molecule has 2 atom stereocenters. The zero-order chi connectivity index (χ0) is 17.3. The molecule has 3 rings (SSSR count). The minimum absolute atomic E-state index is 0.0166. The van der Waals surface area contributed by atoms with Gasteiger partial charge in [-0.3, -0.25) is 4.79 Å². The molecule has 2 fully saturated rings. The average Bonchev–Trinajstić information content (AvgIpc) is 3.08. The van der Waals surface area contributed by atoms with E-state index in [1.54, 1.807) is 6.20 Å². The van der Waals surface area contributed by atoms with Crippen molar-refractivity contribution in [2.24, 2.45) is 17.3 Å². The van der Waals surface area contributed by atoms with E-state index < -0.39 is 0 Å². The van der Waals surface area contributed by atoms with Gasteiger partial charge in [0.25, 0.3) is 0 Å². The van der Waals surface area contributed by atoms with Crippen LogP contribution < -0.4 is 10.2 Å². The lowest BCUT2D eigenvalue weighted by atomic mass is 10.1. The number of nitrogens with zero attached hydrogens (tertiary/aromatic N) is 2. The summed E-state index contributed by atoms with van der Waals surface area (Å²) >= 11 is 0. The number of rotatable bonds is 4. The highest BCUT2D eigenvalue weighted by Gasteiger charge is 2.60. The van der Waals surface area contributed by atoms with E-state index in [1.165, 1.54) is 5.57 Å². The monoisotopic (exact) mass is 329 g/mol. The maximum Gasteiger partial charge on any atom is 0.228 e. The molecule has 1 aliphatic heterocycles. The van der Waals surface area contributed by atoms with Crippen LogP contribution in [0.2, 0.25) is 0 Å². The molecular formula is C19H27N3O2. The molecule has 2 heterocycles. The molecule has 1 aliphatic carbocycles. The molecule has 1 amide bonds. The minimum Gasteiger partial charge on any atom is -0.378 e. The molecule has 0 bridgehead atoms. The number of hydrogen-bond donors (Lipinski definition) is 1. The van der Waals surface area contributed by atoms with Crippen molar-refractivity contribution in [2.45, 2.75) is 27.7 Å². The second-order valence-corrected chi connectivity index (χ2v) is 7.53. The predicted octanol–water partition coefficient (Wildman–Crippen LogP) is 3.10. The number of nitrogens with one attached hydrogen (secondary N) is 1. The van der Waals surface area contributed by atoms with Gasteiger partial charge in [-0.25, -0.2) is 4.98 Å². The summed E-state index contributed by atoms with van der Waals surface area (Å²) in [7, 11) is 0. The van der Waals surface area contributed by atoms with Gasteiger partial charge in [0, 0.05) is 19.3 Å². The van der Waals surface area contributed by atoms with E-state index in [9.17, 15) is 4.79 Å². The van der Waals surface area contributed by atoms with E-state index >= 15 is 0 Å². The summed E-state index contributed by atoms with van der Waals surface area (Å²) in [6.07, 6.45) is 3.99. The third-order valence-corrected chi connectivity index (χ3v) is 5.06. The van der Waals surface area contributed by atoms with Gasteiger partial charge in [0.1, 0.15) is 0 Å². The standard InChI is InChI=1S/C19H27N3O2/c1-13(2)12-14-16(19(14,3)4)18(23)21-15-6-5-7-20-17(15)22-8-10-24-11-9-22/h5-7,12,14,16H,8-11H2,1-4H3,(H,21,23)/t14-,16-/m1/s1. The lowest BCUT2D eigenvalue weighted by Crippen LogP contribution is -2.37. The van der Waals surface area contributed by atoms with Gasteiger partial charge in [0.05, 0.1) is 24.8 Å². The lowest BCUT2D eigenvalue weighted by Gasteiger charge is -2.29. The third kappa shape index (κ3) is 3.31. The van der Waals surface area contributed by atoms with Crippen LogP contribution in [-0.2, 0) is 9.53 Å². The molecule has 0 unspecified atom stereocenters. The Kier molecular flexibility index (Phi) is 4.63. The fourth-order valence-electron chi connectivity index (χ4n) is 3.58. The van der Waals surface area contributed by atoms with Crippen LogP contribution in [0.5, 0.6) is 0 Å². The maximum atomic E-state index is 12.8. The largest absolute Gasteiger partial charge is 0.378 e. The average molecular weight is 329 g/mol. The Morgan fingerprint density at radius 2 is 2.08 bits per heavy atom. The molecule has 0 spiro atoms. The Hall–Kier alpha value is -1.88. The van der Waals surface area contributed by atoms with E-state index in [4.69, 9.17) is 4.74 Å². The summed E-state index contributed by atoms with van der Waals surface area (Å²) in [4.78, 5) is 19.5. The van der Waals surface area contributed by atoms with Crippen molar-refractivity contribution in [1.82, 2.24) is 4.98 Å². The molecule has 0 radical (unpaired) electrons. The topological polar surface area (TPSA) is 54.5 Å². The van der Waals surface area contributed by atoms with Crippen LogP contribution in [0.4, 0.5) is 11.5 Å². The molecular weight excluding hydrogens is 302 g/mol. The number of aromatic nitrogens is 1. The zero-order valence-electron chi connectivity index (χ0n) is 15.0. The van der Waals surface area contributed by atoms with Gasteiger partial charge in [0.2, 0.25) is 5.91 Å². The van der Waals surface area contributed by atoms with Crippen LogP contribution in [0, 0.1) is 17.3 Å². The van der Waals surface area contributed by atoms with E-state index in [0.717, 1.165) is 24.6 Å². The third-order valence-electron chi connectivity index (χ3n) is 5.06. The lowest BCUT2D eigenvalue weighted by molar-refractivity contribution is -0.118. The van der Waals surface area contributed by atoms with Gasteiger partial charge in [0.15, 0.2) is 5.82 Å². The van der Waals surface area contributed by atoms with Crippen LogP contribution in [0.3, 0.4) is 0 Å². The SMILES string of the molecule is CC(C)=C[C@@H]1[C@H](C(=O)Nc2cccnc2N2CCOCC2)C1(C)C. The number of ether oxygens (including phenoxy) is 1. The smallest absolute Gasteiger partial charge is 0.228 e. The Morgan fingerprint density at radius 1 is 1.38 bits per heavy atom. The Bertz CT molecular complexity index is 644. The van der Waals surface area contributed by atoms with Crippen molar-refractivity contribution in [3.63, 3.8) is 0 Å². The van der Waals surface area contributed by atoms with E-state index in [1.807, 2.05) is 12.1 Å². The van der Waals surface area contributed by atoms with Crippen LogP contribution in [0.15, 0.2) is 30.0 Å². The van der Waals surface area contributed by atoms with Crippen LogP contribution >= 0.6 is 0 Å². The second kappa shape index (κ2) is 6.55. The molecule has 5 heteroatoms. The summed E-state index contributed by atoms with van der Waals surface area (Å²) in [6, 6.07) is 3.80. The van der Waals surface area contributed by atoms with Gasteiger partial charge >= 0.3 is 0 Å². The second-order valence-electron chi connectivity index (χ2n) is 7.53. The van der Waals surface area contributed by atoms with Gasteiger partial charge < -0.3 is 15.0 Å². The molecule has 1 saturated heterocycles. The first-order valence-corrected chi connectivity index (χ1v) is 8.65. The molecule has 1 aromatic rings. The highest BCUT2D eigenvalue weighted by Crippen LogP contribution is 2.59. The van der Waals surface area contributed by atoms with E-state index in [-0.39, 0.29) is 17.2 Å². The summed E-state index contributed by atoms with van der Waals surface area (Å²) in [6.45, 7) is 11.5. The van der Waals surface area contributed by atoms with Gasteiger partial charge in [-0.15, -0.1) is 0 Å². The zero-order valence-corrected chi connectivity index (χ0v) is 15.0. The first-order chi connectivity index (χ1) is 11.4. The first kappa shape index (κ1) is 17.0. The summed E-state index contributed by atoms with van der Waals surface area (Å²) in [5.41, 5.74) is 2.07. The Balaban J connectivity index is 1.75. The van der Waals surface area contributed by atoms with Crippen molar-refractivity contribution in [2.75, 3.05) is 36.5 Å². The fraction of sp³-hybridized carbons (Fsp3) is 0.579. The summed E-state index contributed by atoms with van der Waals surface area (Å²) in [5, 5.41) is 3.12.